The predicted octanol–water partition coefficient (Wildman–Crippen LogP) is 1.65. The van der Waals surface area contributed by atoms with Crippen LogP contribution < -0.4 is 21.7 Å². The van der Waals surface area contributed by atoms with Crippen molar-refractivity contribution in [3.63, 3.8) is 0 Å². The number of nitrogens with zero attached hydrogens (tertiary/aromatic N) is 7. The van der Waals surface area contributed by atoms with E-state index in [9.17, 15) is 13.2 Å². The van der Waals surface area contributed by atoms with Crippen LogP contribution in [0.2, 0.25) is 0 Å². The van der Waals surface area contributed by atoms with Crippen LogP contribution in [0.15, 0.2) is 34.2 Å². The van der Waals surface area contributed by atoms with Gasteiger partial charge in [-0.1, -0.05) is 0 Å². The van der Waals surface area contributed by atoms with Gasteiger partial charge in [-0.15, -0.1) is 0 Å². The largest absolute Gasteiger partial charge is 0.368 e. The van der Waals surface area contributed by atoms with Gasteiger partial charge in [0.1, 0.15) is 10.4 Å². The van der Waals surface area contributed by atoms with Crippen LogP contribution in [0.4, 0.5) is 11.8 Å². The van der Waals surface area contributed by atoms with Gasteiger partial charge in [0.25, 0.3) is 5.56 Å². The first-order valence-electron chi connectivity index (χ1n) is 11.7. The molecule has 0 saturated heterocycles. The summed E-state index contributed by atoms with van der Waals surface area (Å²) in [5, 5.41) is 8.11. The van der Waals surface area contributed by atoms with Crippen molar-refractivity contribution in [2.45, 2.75) is 57.0 Å². The first kappa shape index (κ1) is 24.6. The minimum Gasteiger partial charge on any atom is -0.368 e. The molecule has 0 aliphatic heterocycles. The van der Waals surface area contributed by atoms with E-state index in [0.29, 0.717) is 34.3 Å². The molecule has 37 heavy (non-hydrogen) atoms. The molecule has 0 amide bonds. The third kappa shape index (κ3) is 4.84. The number of pyridine rings is 1. The van der Waals surface area contributed by atoms with E-state index in [1.807, 2.05) is 20.8 Å². The minimum atomic E-state index is -3.84. The van der Waals surface area contributed by atoms with E-state index in [0.717, 1.165) is 24.1 Å². The fraction of sp³-hybridized carbons (Fsp3) is 0.348. The van der Waals surface area contributed by atoms with Gasteiger partial charge in [-0.05, 0) is 45.7 Å². The summed E-state index contributed by atoms with van der Waals surface area (Å²) in [6.07, 6.45) is 4.78. The van der Waals surface area contributed by atoms with E-state index < -0.39 is 10.0 Å². The van der Waals surface area contributed by atoms with Gasteiger partial charge in [-0.2, -0.15) is 0 Å². The molecule has 5 rings (SSSR count). The molecule has 5 N–H and O–H groups in total. The third-order valence-electron chi connectivity index (χ3n) is 6.03. The Balaban J connectivity index is 1.54. The van der Waals surface area contributed by atoms with Crippen molar-refractivity contribution in [1.29, 1.82) is 0 Å². The average Bonchev–Trinajstić information content (AvgIpc) is 3.67. The molecule has 1 saturated carbocycles. The highest BCUT2D eigenvalue weighted by Gasteiger charge is 2.31. The van der Waals surface area contributed by atoms with Gasteiger partial charge in [0.05, 0.1) is 35.4 Å². The third-order valence-corrected chi connectivity index (χ3v) is 6.93. The highest BCUT2D eigenvalue weighted by atomic mass is 32.2. The fourth-order valence-corrected chi connectivity index (χ4v) is 4.58. The molecule has 0 radical (unpaired) electrons. The van der Waals surface area contributed by atoms with Crippen LogP contribution >= 0.6 is 0 Å². The Bertz CT molecular complexity index is 1680. The molecule has 0 unspecified atom stereocenters. The van der Waals surface area contributed by atoms with Gasteiger partial charge in [0.2, 0.25) is 16.0 Å². The van der Waals surface area contributed by atoms with Crippen molar-refractivity contribution in [1.82, 2.24) is 34.5 Å². The summed E-state index contributed by atoms with van der Waals surface area (Å²) in [5.74, 6) is 1.03. The van der Waals surface area contributed by atoms with Crippen molar-refractivity contribution in [3.8, 4) is 11.4 Å². The van der Waals surface area contributed by atoms with Crippen molar-refractivity contribution >= 4 is 33.0 Å². The maximum absolute atomic E-state index is 13.4. The topological polar surface area (TPSA) is 198 Å². The maximum Gasteiger partial charge on any atom is 0.295 e. The molecule has 0 spiro atoms. The van der Waals surface area contributed by atoms with Crippen molar-refractivity contribution in [2.24, 2.45) is 5.14 Å². The van der Waals surface area contributed by atoms with Crippen LogP contribution in [0, 0.1) is 6.92 Å². The highest BCUT2D eigenvalue weighted by Crippen LogP contribution is 2.43. The van der Waals surface area contributed by atoms with Crippen LogP contribution in [-0.4, -0.2) is 42.9 Å². The number of nitrogen functional groups attached to an aromatic ring is 1. The van der Waals surface area contributed by atoms with E-state index in [4.69, 9.17) is 15.9 Å². The molecule has 0 aromatic carbocycles. The smallest absolute Gasteiger partial charge is 0.295 e. The fourth-order valence-electron chi connectivity index (χ4n) is 4.12. The predicted molar refractivity (Wildman–Crippen MR) is 137 cm³/mol. The molecule has 192 valence electrons. The number of nitrogens with one attached hydrogen (secondary N) is 1. The molecule has 13 nitrogen and oxygen atoms in total. The van der Waals surface area contributed by atoms with Crippen LogP contribution in [0.25, 0.3) is 22.6 Å². The lowest BCUT2D eigenvalue weighted by Crippen LogP contribution is -2.27. The van der Waals surface area contributed by atoms with Gasteiger partial charge < -0.3 is 11.1 Å². The zero-order chi connectivity index (χ0) is 26.5. The Labute approximate surface area is 212 Å². The first-order chi connectivity index (χ1) is 17.5. The highest BCUT2D eigenvalue weighted by molar-refractivity contribution is 7.89. The normalized spacial score (nSPS) is 13.9. The summed E-state index contributed by atoms with van der Waals surface area (Å²) < 4.78 is 24.4. The lowest BCUT2D eigenvalue weighted by atomic mass is 10.1. The number of rotatable bonds is 7. The standard InChI is InChI=1S/C23H26N10O3S/c1-11(2)33-21-16(10-28-19(32-21)17-12(3)29-23(24)31-18(17)13-4-5-13)30-20(22(33)34)27-8-14-6-7-15(9-26-14)37(25,35)36/h6-7,9-11,13H,4-5,8H2,1-3H3,(H,27,30)(H2,24,29,31)(H2,25,35,36). The van der Waals surface area contributed by atoms with Gasteiger partial charge in [0, 0.05) is 18.2 Å². The summed E-state index contributed by atoms with van der Waals surface area (Å²) in [7, 11) is -3.84. The minimum absolute atomic E-state index is 0.0956. The summed E-state index contributed by atoms with van der Waals surface area (Å²) >= 11 is 0. The molecule has 4 aromatic rings. The summed E-state index contributed by atoms with van der Waals surface area (Å²) in [6.45, 7) is 5.75. The average molecular weight is 523 g/mol. The molecule has 4 aromatic heterocycles. The Morgan fingerprint density at radius 3 is 2.49 bits per heavy atom. The molecule has 14 heteroatoms. The van der Waals surface area contributed by atoms with Gasteiger partial charge in [-0.25, -0.2) is 38.5 Å². The summed E-state index contributed by atoms with van der Waals surface area (Å²) in [6, 6.07) is 2.65. The van der Waals surface area contributed by atoms with E-state index in [-0.39, 0.29) is 34.8 Å². The summed E-state index contributed by atoms with van der Waals surface area (Å²) in [5.41, 5.74) is 9.10. The van der Waals surface area contributed by atoms with Crippen LogP contribution in [0.3, 0.4) is 0 Å². The van der Waals surface area contributed by atoms with Gasteiger partial charge in [-0.3, -0.25) is 14.3 Å². The summed E-state index contributed by atoms with van der Waals surface area (Å²) in [4.78, 5) is 39.9. The van der Waals surface area contributed by atoms with E-state index in [1.54, 1.807) is 10.8 Å². The number of nitrogens with two attached hydrogens (primary N) is 2. The van der Waals surface area contributed by atoms with Crippen LogP contribution in [-0.2, 0) is 16.6 Å². The van der Waals surface area contributed by atoms with Crippen molar-refractivity contribution in [3.05, 3.63) is 52.0 Å². The number of hydrogen-bond donors (Lipinski definition) is 3. The Kier molecular flexibility index (Phi) is 6.07. The van der Waals surface area contributed by atoms with Crippen molar-refractivity contribution in [2.75, 3.05) is 11.1 Å². The number of anilines is 2. The second kappa shape index (κ2) is 9.12. The number of fused-ring (bicyclic) bond motifs is 1. The monoisotopic (exact) mass is 522 g/mol. The van der Waals surface area contributed by atoms with Crippen LogP contribution in [0.5, 0.6) is 0 Å². The molecular formula is C23H26N10O3S. The Hall–Kier alpha value is -4.04. The number of aromatic nitrogens is 7. The van der Waals surface area contributed by atoms with E-state index in [2.05, 4.69) is 30.2 Å². The van der Waals surface area contributed by atoms with Crippen LogP contribution in [0.1, 0.15) is 55.7 Å². The van der Waals surface area contributed by atoms with Gasteiger partial charge in [0.15, 0.2) is 17.3 Å². The van der Waals surface area contributed by atoms with Crippen molar-refractivity contribution < 1.29 is 8.42 Å². The maximum atomic E-state index is 13.4. The number of hydrogen-bond acceptors (Lipinski definition) is 11. The molecule has 1 fully saturated rings. The second-order valence-corrected chi connectivity index (χ2v) is 10.8. The lowest BCUT2D eigenvalue weighted by Gasteiger charge is -2.16. The van der Waals surface area contributed by atoms with Gasteiger partial charge >= 0.3 is 0 Å². The number of sulfonamides is 1. The zero-order valence-electron chi connectivity index (χ0n) is 20.5. The second-order valence-electron chi connectivity index (χ2n) is 9.22. The quantitative estimate of drug-likeness (QED) is 0.319. The zero-order valence-corrected chi connectivity index (χ0v) is 21.3. The van der Waals surface area contributed by atoms with E-state index in [1.165, 1.54) is 18.3 Å². The number of primary sulfonamides is 1. The lowest BCUT2D eigenvalue weighted by molar-refractivity contribution is 0.593. The molecule has 1 aliphatic carbocycles. The molecular weight excluding hydrogens is 496 g/mol. The Morgan fingerprint density at radius 2 is 1.86 bits per heavy atom. The molecule has 0 bridgehead atoms. The SMILES string of the molecule is Cc1nc(N)nc(C2CC2)c1-c1ncc2nc(NCc3ccc(S(N)(=O)=O)cn3)c(=O)n(C(C)C)c2n1. The number of aryl methyl sites for hydroxylation is 1. The molecule has 0 atom stereocenters. The van der Waals surface area contributed by atoms with E-state index >= 15 is 0 Å². The molecule has 4 heterocycles. The molecule has 1 aliphatic rings. The first-order valence-corrected chi connectivity index (χ1v) is 13.2. The Morgan fingerprint density at radius 1 is 1.11 bits per heavy atom.